The van der Waals surface area contributed by atoms with Crippen LogP contribution in [0.2, 0.25) is 0 Å². The van der Waals surface area contributed by atoms with E-state index in [1.165, 1.54) is 25.7 Å². The molecule has 1 saturated carbocycles. The molecule has 1 aliphatic carbocycles. The quantitative estimate of drug-likeness (QED) is 0.868. The molecule has 0 bridgehead atoms. The van der Waals surface area contributed by atoms with Crippen molar-refractivity contribution >= 4 is 11.7 Å². The predicted octanol–water partition coefficient (Wildman–Crippen LogP) is 2.70. The molecule has 0 aliphatic heterocycles. The van der Waals surface area contributed by atoms with Gasteiger partial charge in [0.15, 0.2) is 5.69 Å². The van der Waals surface area contributed by atoms with Crippen LogP contribution in [0.3, 0.4) is 0 Å². The third kappa shape index (κ3) is 3.92. The number of carbonyl (C=O) groups is 1. The van der Waals surface area contributed by atoms with Crippen LogP contribution >= 0.6 is 0 Å². The van der Waals surface area contributed by atoms with Crippen molar-refractivity contribution in [3.63, 3.8) is 0 Å². The van der Waals surface area contributed by atoms with Crippen LogP contribution in [-0.2, 0) is 0 Å². The number of aromatic nitrogens is 2. The van der Waals surface area contributed by atoms with Crippen molar-refractivity contribution in [1.82, 2.24) is 15.1 Å². The van der Waals surface area contributed by atoms with Gasteiger partial charge in [-0.25, -0.2) is 0 Å². The zero-order valence-electron chi connectivity index (χ0n) is 12.4. The second-order valence-corrected chi connectivity index (χ2v) is 5.51. The number of rotatable bonds is 6. The van der Waals surface area contributed by atoms with E-state index in [-0.39, 0.29) is 5.91 Å². The Morgan fingerprint density at radius 1 is 1.35 bits per heavy atom. The van der Waals surface area contributed by atoms with Crippen molar-refractivity contribution < 1.29 is 4.79 Å². The molecule has 0 spiro atoms. The first-order chi connectivity index (χ1) is 9.70. The van der Waals surface area contributed by atoms with Crippen LogP contribution in [0, 0.1) is 0 Å². The number of carbonyl (C=O) groups excluding carboxylic acids is 1. The van der Waals surface area contributed by atoms with E-state index >= 15 is 0 Å². The van der Waals surface area contributed by atoms with Gasteiger partial charge in [0.05, 0.1) is 0 Å². The molecule has 0 saturated heterocycles. The first kappa shape index (κ1) is 14.8. The van der Waals surface area contributed by atoms with Crippen molar-refractivity contribution in [2.24, 2.45) is 0 Å². The lowest BCUT2D eigenvalue weighted by Gasteiger charge is -2.16. The molecular weight excluding hydrogens is 252 g/mol. The topological polar surface area (TPSA) is 58.1 Å². The lowest BCUT2D eigenvalue weighted by Crippen LogP contribution is -2.28. The Hall–Kier alpha value is -1.65. The molecule has 1 N–H and O–H groups in total. The summed E-state index contributed by atoms with van der Waals surface area (Å²) in [4.78, 5) is 13.8. The van der Waals surface area contributed by atoms with E-state index in [1.54, 1.807) is 11.0 Å². The summed E-state index contributed by atoms with van der Waals surface area (Å²) in [7, 11) is 1.81. The third-order valence-corrected chi connectivity index (χ3v) is 3.78. The molecule has 0 unspecified atom stereocenters. The molecule has 1 aliphatic rings. The summed E-state index contributed by atoms with van der Waals surface area (Å²) >= 11 is 0. The van der Waals surface area contributed by atoms with Gasteiger partial charge in [-0.3, -0.25) is 4.79 Å². The fourth-order valence-corrected chi connectivity index (χ4v) is 2.49. The smallest absolute Gasteiger partial charge is 0.274 e. The van der Waals surface area contributed by atoms with Gasteiger partial charge in [0.1, 0.15) is 5.82 Å². The Balaban J connectivity index is 1.91. The van der Waals surface area contributed by atoms with Gasteiger partial charge in [-0.1, -0.05) is 26.2 Å². The lowest BCUT2D eigenvalue weighted by atomic mass is 10.2. The molecule has 0 atom stereocenters. The molecule has 20 heavy (non-hydrogen) atoms. The zero-order chi connectivity index (χ0) is 14.4. The van der Waals surface area contributed by atoms with Gasteiger partial charge in [0.2, 0.25) is 0 Å². The van der Waals surface area contributed by atoms with Crippen LogP contribution in [0.1, 0.15) is 55.9 Å². The Morgan fingerprint density at radius 3 is 2.70 bits per heavy atom. The summed E-state index contributed by atoms with van der Waals surface area (Å²) in [5, 5.41) is 11.5. The molecule has 110 valence electrons. The van der Waals surface area contributed by atoms with Crippen LogP contribution < -0.4 is 5.32 Å². The number of nitrogens with one attached hydrogen (secondary N) is 1. The largest absolute Gasteiger partial charge is 0.366 e. The van der Waals surface area contributed by atoms with Crippen LogP contribution in [0.5, 0.6) is 0 Å². The highest BCUT2D eigenvalue weighted by Gasteiger charge is 2.16. The van der Waals surface area contributed by atoms with Crippen LogP contribution in [0.15, 0.2) is 12.1 Å². The van der Waals surface area contributed by atoms with E-state index in [0.717, 1.165) is 25.2 Å². The minimum absolute atomic E-state index is 0.0571. The molecule has 0 radical (unpaired) electrons. The molecule has 2 rings (SSSR count). The van der Waals surface area contributed by atoms with Gasteiger partial charge in [0.25, 0.3) is 5.91 Å². The van der Waals surface area contributed by atoms with Crippen molar-refractivity contribution in [2.45, 2.75) is 51.5 Å². The van der Waals surface area contributed by atoms with E-state index in [1.807, 2.05) is 13.1 Å². The van der Waals surface area contributed by atoms with Gasteiger partial charge in [0, 0.05) is 19.6 Å². The minimum Gasteiger partial charge on any atom is -0.366 e. The van der Waals surface area contributed by atoms with Crippen molar-refractivity contribution in [1.29, 1.82) is 0 Å². The SMILES string of the molecule is CCCCN(C)C(=O)c1ccc(NC2CCCC2)nn1. The highest BCUT2D eigenvalue weighted by molar-refractivity contribution is 5.92. The number of hydrogen-bond acceptors (Lipinski definition) is 4. The lowest BCUT2D eigenvalue weighted by molar-refractivity contribution is 0.0786. The zero-order valence-corrected chi connectivity index (χ0v) is 12.4. The number of unbranched alkanes of at least 4 members (excludes halogenated alkanes) is 1. The van der Waals surface area contributed by atoms with Crippen molar-refractivity contribution in [3.05, 3.63) is 17.8 Å². The monoisotopic (exact) mass is 276 g/mol. The Morgan fingerprint density at radius 2 is 2.10 bits per heavy atom. The van der Waals surface area contributed by atoms with Gasteiger partial charge >= 0.3 is 0 Å². The van der Waals surface area contributed by atoms with Crippen molar-refractivity contribution in [3.8, 4) is 0 Å². The third-order valence-electron chi connectivity index (χ3n) is 3.78. The molecule has 5 nitrogen and oxygen atoms in total. The second-order valence-electron chi connectivity index (χ2n) is 5.51. The van der Waals surface area contributed by atoms with Crippen LogP contribution in [0.25, 0.3) is 0 Å². The van der Waals surface area contributed by atoms with Gasteiger partial charge in [-0.15, -0.1) is 10.2 Å². The fourth-order valence-electron chi connectivity index (χ4n) is 2.49. The van der Waals surface area contributed by atoms with Gasteiger partial charge < -0.3 is 10.2 Å². The molecule has 1 amide bonds. The molecule has 1 aromatic heterocycles. The molecule has 1 heterocycles. The van der Waals surface area contributed by atoms with E-state index in [0.29, 0.717) is 11.7 Å². The Bertz CT molecular complexity index is 426. The fraction of sp³-hybridized carbons (Fsp3) is 0.667. The summed E-state index contributed by atoms with van der Waals surface area (Å²) in [5.74, 6) is 0.711. The average Bonchev–Trinajstić information content (AvgIpc) is 2.97. The maximum Gasteiger partial charge on any atom is 0.274 e. The normalized spacial score (nSPS) is 15.3. The van der Waals surface area contributed by atoms with E-state index < -0.39 is 0 Å². The summed E-state index contributed by atoms with van der Waals surface area (Å²) in [6.45, 7) is 2.88. The number of hydrogen-bond donors (Lipinski definition) is 1. The Kier molecular flexibility index (Phi) is 5.32. The Labute approximate surface area is 120 Å². The number of amides is 1. The second kappa shape index (κ2) is 7.22. The maximum atomic E-state index is 12.1. The molecule has 1 fully saturated rings. The maximum absolute atomic E-state index is 12.1. The highest BCUT2D eigenvalue weighted by Crippen LogP contribution is 2.21. The molecule has 1 aromatic rings. The highest BCUT2D eigenvalue weighted by atomic mass is 16.2. The summed E-state index contributed by atoms with van der Waals surface area (Å²) in [6.07, 6.45) is 7.04. The van der Waals surface area contributed by atoms with Gasteiger partial charge in [-0.05, 0) is 31.4 Å². The standard InChI is InChI=1S/C15H24N4O/c1-3-4-11-19(2)15(20)13-9-10-14(18-17-13)16-12-7-5-6-8-12/h9-10,12H,3-8,11H2,1-2H3,(H,16,18). The van der Waals surface area contributed by atoms with Crippen LogP contribution in [-0.4, -0.2) is 40.6 Å². The molecule has 0 aromatic carbocycles. The molecular formula is C15H24N4O. The van der Waals surface area contributed by atoms with Gasteiger partial charge in [-0.2, -0.15) is 0 Å². The van der Waals surface area contributed by atoms with E-state index in [2.05, 4.69) is 22.4 Å². The van der Waals surface area contributed by atoms with Crippen molar-refractivity contribution in [2.75, 3.05) is 18.9 Å². The van der Waals surface area contributed by atoms with Crippen LogP contribution in [0.4, 0.5) is 5.82 Å². The summed E-state index contributed by atoms with van der Waals surface area (Å²) in [6, 6.07) is 4.12. The first-order valence-corrected chi connectivity index (χ1v) is 7.56. The predicted molar refractivity (Wildman–Crippen MR) is 79.8 cm³/mol. The number of nitrogens with zero attached hydrogens (tertiary/aromatic N) is 3. The molecule has 5 heteroatoms. The average molecular weight is 276 g/mol. The minimum atomic E-state index is -0.0571. The van der Waals surface area contributed by atoms with E-state index in [4.69, 9.17) is 0 Å². The summed E-state index contributed by atoms with van der Waals surface area (Å²) in [5.41, 5.74) is 0.417. The first-order valence-electron chi connectivity index (χ1n) is 7.56. The summed E-state index contributed by atoms with van der Waals surface area (Å²) < 4.78 is 0. The number of anilines is 1. The van der Waals surface area contributed by atoms with E-state index in [9.17, 15) is 4.79 Å².